The quantitative estimate of drug-likeness (QED) is 0.796. The fourth-order valence-corrected chi connectivity index (χ4v) is 3.16. The lowest BCUT2D eigenvalue weighted by Crippen LogP contribution is -2.12. The van der Waals surface area contributed by atoms with Gasteiger partial charge in [0.1, 0.15) is 0 Å². The number of nitrogens with zero attached hydrogens (tertiary/aromatic N) is 2. The Morgan fingerprint density at radius 2 is 1.81 bits per heavy atom. The molecule has 2 heterocycles. The number of carbonyl (C=O) groups excluding carboxylic acids is 1. The van der Waals surface area contributed by atoms with Crippen LogP contribution in [0, 0.1) is 6.92 Å². The molecular weight excluding hydrogens is 264 g/mol. The van der Waals surface area contributed by atoms with Crippen LogP contribution in [-0.4, -0.2) is 28.6 Å². The van der Waals surface area contributed by atoms with E-state index in [4.69, 9.17) is 4.74 Å². The minimum absolute atomic E-state index is 0.104. The van der Waals surface area contributed by atoms with Gasteiger partial charge in [-0.05, 0) is 51.1 Å². The first kappa shape index (κ1) is 14.1. The van der Waals surface area contributed by atoms with Gasteiger partial charge < -0.3 is 9.30 Å². The van der Waals surface area contributed by atoms with Crippen molar-refractivity contribution in [3.63, 3.8) is 0 Å². The normalized spacial score (nSPS) is 15.0. The van der Waals surface area contributed by atoms with E-state index in [-0.39, 0.29) is 12.1 Å². The van der Waals surface area contributed by atoms with Gasteiger partial charge in [0, 0.05) is 36.7 Å². The van der Waals surface area contributed by atoms with Gasteiger partial charge in [0.2, 0.25) is 0 Å². The third-order valence-corrected chi connectivity index (χ3v) is 4.24. The highest BCUT2D eigenvalue weighted by Gasteiger charge is 2.24. The van der Waals surface area contributed by atoms with Gasteiger partial charge in [0.05, 0.1) is 11.7 Å². The number of hydrogen-bond donors (Lipinski definition) is 0. The zero-order chi connectivity index (χ0) is 15.3. The van der Waals surface area contributed by atoms with Crippen LogP contribution in [0.25, 0.3) is 10.9 Å². The summed E-state index contributed by atoms with van der Waals surface area (Å²) in [6.45, 7) is 7.66. The number of aromatic nitrogens is 1. The highest BCUT2D eigenvalue weighted by atomic mass is 16.5. The van der Waals surface area contributed by atoms with Crippen molar-refractivity contribution in [2.24, 2.45) is 7.05 Å². The average molecular weight is 286 g/mol. The molecule has 1 aromatic heterocycles. The maximum absolute atomic E-state index is 12.4. The third kappa shape index (κ3) is 2.23. The molecule has 0 fully saturated rings. The van der Waals surface area contributed by atoms with Crippen molar-refractivity contribution in [2.45, 2.75) is 40.0 Å². The Morgan fingerprint density at radius 1 is 1.19 bits per heavy atom. The number of ether oxygens (including phenoxy) is 1. The molecule has 0 N–H and O–H groups in total. The molecule has 21 heavy (non-hydrogen) atoms. The van der Waals surface area contributed by atoms with Crippen LogP contribution in [0.2, 0.25) is 0 Å². The van der Waals surface area contributed by atoms with E-state index in [1.54, 1.807) is 0 Å². The second-order valence-corrected chi connectivity index (χ2v) is 6.28. The van der Waals surface area contributed by atoms with E-state index in [1.165, 1.54) is 11.1 Å². The van der Waals surface area contributed by atoms with Crippen molar-refractivity contribution in [2.75, 3.05) is 7.05 Å². The molecule has 4 nitrogen and oxygen atoms in total. The zero-order valence-corrected chi connectivity index (χ0v) is 13.4. The molecular formula is C17H22N2O2. The predicted molar refractivity (Wildman–Crippen MR) is 83.4 cm³/mol. The molecule has 112 valence electrons. The zero-order valence-electron chi connectivity index (χ0n) is 13.4. The summed E-state index contributed by atoms with van der Waals surface area (Å²) in [6, 6.07) is 4.38. The number of carbonyl (C=O) groups is 1. The van der Waals surface area contributed by atoms with E-state index < -0.39 is 0 Å². The molecule has 4 heteroatoms. The van der Waals surface area contributed by atoms with E-state index >= 15 is 0 Å². The first-order chi connectivity index (χ1) is 9.88. The largest absolute Gasteiger partial charge is 0.459 e. The van der Waals surface area contributed by atoms with E-state index in [1.807, 2.05) is 27.8 Å². The number of aryl methyl sites for hydroxylation is 1. The first-order valence-corrected chi connectivity index (χ1v) is 7.38. The van der Waals surface area contributed by atoms with Crippen LogP contribution in [0.3, 0.4) is 0 Å². The Kier molecular flexibility index (Phi) is 3.29. The lowest BCUT2D eigenvalue weighted by molar-refractivity contribution is 0.0379. The SMILES string of the molecule is Cc1c(C(=O)OC(C)C)c2cc3c(cc2n1C)CN(C)C3. The van der Waals surface area contributed by atoms with Gasteiger partial charge in [-0.1, -0.05) is 0 Å². The molecule has 0 amide bonds. The van der Waals surface area contributed by atoms with Crippen LogP contribution in [0.5, 0.6) is 0 Å². The molecule has 1 aliphatic rings. The fraction of sp³-hybridized carbons (Fsp3) is 0.471. The van der Waals surface area contributed by atoms with Crippen molar-refractivity contribution in [1.29, 1.82) is 0 Å². The number of esters is 1. The molecule has 3 rings (SSSR count). The summed E-state index contributed by atoms with van der Waals surface area (Å²) in [5.74, 6) is -0.223. The highest BCUT2D eigenvalue weighted by molar-refractivity contribution is 6.06. The van der Waals surface area contributed by atoms with Crippen LogP contribution in [0.1, 0.15) is 41.0 Å². The predicted octanol–water partition coefficient (Wildman–Crippen LogP) is 3.00. The average Bonchev–Trinajstić information content (AvgIpc) is 2.85. The Balaban J connectivity index is 2.19. The molecule has 0 bridgehead atoms. The number of fused-ring (bicyclic) bond motifs is 2. The molecule has 0 aliphatic carbocycles. The van der Waals surface area contributed by atoms with Crippen molar-refractivity contribution in [3.05, 3.63) is 34.5 Å². The fourth-order valence-electron chi connectivity index (χ4n) is 3.16. The highest BCUT2D eigenvalue weighted by Crippen LogP contribution is 2.32. The van der Waals surface area contributed by atoms with Crippen molar-refractivity contribution >= 4 is 16.9 Å². The van der Waals surface area contributed by atoms with Gasteiger partial charge in [0.15, 0.2) is 0 Å². The van der Waals surface area contributed by atoms with Crippen molar-refractivity contribution in [1.82, 2.24) is 9.47 Å². The van der Waals surface area contributed by atoms with E-state index in [2.05, 4.69) is 28.6 Å². The Morgan fingerprint density at radius 3 is 2.43 bits per heavy atom. The molecule has 0 saturated heterocycles. The van der Waals surface area contributed by atoms with E-state index in [9.17, 15) is 4.79 Å². The van der Waals surface area contributed by atoms with E-state index in [0.29, 0.717) is 5.56 Å². The third-order valence-electron chi connectivity index (χ3n) is 4.24. The Bertz CT molecular complexity index is 728. The summed E-state index contributed by atoms with van der Waals surface area (Å²) >= 11 is 0. The lowest BCUT2D eigenvalue weighted by atomic mass is 10.0. The Hall–Kier alpha value is -1.81. The van der Waals surface area contributed by atoms with E-state index in [0.717, 1.165) is 29.7 Å². The van der Waals surface area contributed by atoms with Crippen molar-refractivity contribution < 1.29 is 9.53 Å². The van der Waals surface area contributed by atoms with Gasteiger partial charge >= 0.3 is 5.97 Å². The summed E-state index contributed by atoms with van der Waals surface area (Å²) in [5.41, 5.74) is 5.45. The van der Waals surface area contributed by atoms with Gasteiger partial charge in [-0.15, -0.1) is 0 Å². The summed E-state index contributed by atoms with van der Waals surface area (Å²) in [5, 5.41) is 1.01. The lowest BCUT2D eigenvalue weighted by Gasteiger charge is -2.08. The van der Waals surface area contributed by atoms with Gasteiger partial charge in [0.25, 0.3) is 0 Å². The van der Waals surface area contributed by atoms with Crippen LogP contribution >= 0.6 is 0 Å². The standard InChI is InChI=1S/C17H22N2O2/c1-10(2)21-17(20)16-11(3)19(5)15-7-13-9-18(4)8-12(13)6-14(15)16/h6-7,10H,8-9H2,1-5H3. The molecule has 0 unspecified atom stereocenters. The minimum Gasteiger partial charge on any atom is -0.459 e. The molecule has 1 aromatic carbocycles. The smallest absolute Gasteiger partial charge is 0.340 e. The minimum atomic E-state index is -0.223. The molecule has 0 spiro atoms. The topological polar surface area (TPSA) is 34.5 Å². The van der Waals surface area contributed by atoms with Crippen molar-refractivity contribution in [3.8, 4) is 0 Å². The van der Waals surface area contributed by atoms with Crippen LogP contribution in [0.15, 0.2) is 12.1 Å². The summed E-state index contributed by atoms with van der Waals surface area (Å²) in [7, 11) is 4.12. The van der Waals surface area contributed by atoms with Gasteiger partial charge in [-0.25, -0.2) is 4.79 Å². The van der Waals surface area contributed by atoms with Gasteiger partial charge in [-0.3, -0.25) is 4.90 Å². The molecule has 0 radical (unpaired) electrons. The second-order valence-electron chi connectivity index (χ2n) is 6.28. The van der Waals surface area contributed by atoms with Gasteiger partial charge in [-0.2, -0.15) is 0 Å². The van der Waals surface area contributed by atoms with Crippen LogP contribution in [0.4, 0.5) is 0 Å². The maximum atomic E-state index is 12.4. The maximum Gasteiger partial charge on any atom is 0.340 e. The van der Waals surface area contributed by atoms with Crippen LogP contribution in [-0.2, 0) is 24.9 Å². The monoisotopic (exact) mass is 286 g/mol. The second kappa shape index (κ2) is 4.88. The summed E-state index contributed by atoms with van der Waals surface area (Å²) in [4.78, 5) is 14.7. The number of rotatable bonds is 2. The number of benzene rings is 1. The summed E-state index contributed by atoms with van der Waals surface area (Å²) < 4.78 is 7.50. The summed E-state index contributed by atoms with van der Waals surface area (Å²) in [6.07, 6.45) is -0.104. The Labute approximate surface area is 125 Å². The molecule has 1 aliphatic heterocycles. The first-order valence-electron chi connectivity index (χ1n) is 7.38. The number of hydrogen-bond acceptors (Lipinski definition) is 3. The molecule has 2 aromatic rings. The molecule has 0 saturated carbocycles. The van der Waals surface area contributed by atoms with Crippen LogP contribution < -0.4 is 0 Å². The molecule has 0 atom stereocenters.